The molecule has 0 N–H and O–H groups in total. The smallest absolute Gasteiger partial charge is 0.151 e. The van der Waals surface area contributed by atoms with Crippen molar-refractivity contribution in [3.8, 4) is 0 Å². The summed E-state index contributed by atoms with van der Waals surface area (Å²) in [5, 5.41) is 0. The van der Waals surface area contributed by atoms with Crippen molar-refractivity contribution < 1.29 is 8.42 Å². The molecule has 2 aliphatic heterocycles. The number of likely N-dealkylation sites (tertiary alicyclic amines) is 1. The molecule has 138 valence electrons. The van der Waals surface area contributed by atoms with Crippen molar-refractivity contribution in [1.82, 2.24) is 4.90 Å². The first-order valence-electron chi connectivity index (χ1n) is 9.68. The van der Waals surface area contributed by atoms with Crippen molar-refractivity contribution in [3.63, 3.8) is 0 Å². The molecule has 2 atom stereocenters. The number of rotatable bonds is 5. The second-order valence-corrected chi connectivity index (χ2v) is 11.9. The van der Waals surface area contributed by atoms with E-state index in [0.29, 0.717) is 22.8 Å². The Morgan fingerprint density at radius 3 is 2.40 bits per heavy atom. The van der Waals surface area contributed by atoms with Crippen molar-refractivity contribution >= 4 is 9.84 Å². The Hall–Kier alpha value is -0.870. The molecule has 0 aromatic heterocycles. The van der Waals surface area contributed by atoms with Crippen LogP contribution in [-0.2, 0) is 16.3 Å². The van der Waals surface area contributed by atoms with Gasteiger partial charge in [-0.05, 0) is 54.2 Å². The van der Waals surface area contributed by atoms with Gasteiger partial charge in [-0.3, -0.25) is 0 Å². The van der Waals surface area contributed by atoms with Crippen LogP contribution in [0, 0.1) is 16.7 Å². The van der Waals surface area contributed by atoms with Gasteiger partial charge in [-0.15, -0.1) is 0 Å². The monoisotopic (exact) mass is 361 g/mol. The Bertz CT molecular complexity index is 739. The van der Waals surface area contributed by atoms with Crippen LogP contribution in [0.5, 0.6) is 0 Å². The first-order chi connectivity index (χ1) is 11.7. The maximum absolute atomic E-state index is 11.5. The fraction of sp³-hybridized carbons (Fsp3) is 0.714. The van der Waals surface area contributed by atoms with E-state index in [9.17, 15) is 8.42 Å². The highest BCUT2D eigenvalue weighted by atomic mass is 32.2. The van der Waals surface area contributed by atoms with Crippen LogP contribution in [0.1, 0.15) is 50.7 Å². The minimum atomic E-state index is -2.71. The number of hydrogen-bond acceptors (Lipinski definition) is 3. The van der Waals surface area contributed by atoms with E-state index in [0.717, 1.165) is 38.4 Å². The summed E-state index contributed by atoms with van der Waals surface area (Å²) >= 11 is 0. The lowest BCUT2D eigenvalue weighted by Crippen LogP contribution is -2.50. The van der Waals surface area contributed by atoms with E-state index in [1.807, 2.05) is 0 Å². The van der Waals surface area contributed by atoms with Crippen LogP contribution in [0.25, 0.3) is 0 Å². The summed E-state index contributed by atoms with van der Waals surface area (Å²) < 4.78 is 23.0. The maximum Gasteiger partial charge on any atom is 0.151 e. The van der Waals surface area contributed by atoms with Crippen molar-refractivity contribution in [2.24, 2.45) is 16.7 Å². The van der Waals surface area contributed by atoms with Crippen molar-refractivity contribution in [1.29, 1.82) is 0 Å². The highest BCUT2D eigenvalue weighted by Gasteiger charge is 2.52. The summed E-state index contributed by atoms with van der Waals surface area (Å²) in [7, 11) is -2.71. The average molecular weight is 362 g/mol. The van der Waals surface area contributed by atoms with Crippen LogP contribution in [0.2, 0.25) is 0 Å². The van der Waals surface area contributed by atoms with Crippen LogP contribution >= 0.6 is 0 Å². The third-order valence-electron chi connectivity index (χ3n) is 6.62. The van der Waals surface area contributed by atoms with Crippen LogP contribution in [-0.4, -0.2) is 44.5 Å². The van der Waals surface area contributed by atoms with Gasteiger partial charge in [0.2, 0.25) is 0 Å². The summed E-state index contributed by atoms with van der Waals surface area (Å²) in [6, 6.07) is 9.27. The predicted molar refractivity (Wildman–Crippen MR) is 103 cm³/mol. The van der Waals surface area contributed by atoms with Gasteiger partial charge in [0, 0.05) is 18.5 Å². The second-order valence-electron chi connectivity index (χ2n) is 9.81. The van der Waals surface area contributed by atoms with Crippen molar-refractivity contribution in [3.05, 3.63) is 35.4 Å². The number of sulfone groups is 1. The van der Waals surface area contributed by atoms with Crippen molar-refractivity contribution in [2.75, 3.05) is 31.1 Å². The van der Waals surface area contributed by atoms with Gasteiger partial charge in [-0.25, -0.2) is 8.42 Å². The molecule has 2 saturated heterocycles. The zero-order valence-electron chi connectivity index (χ0n) is 15.8. The average Bonchev–Trinajstić information content (AvgIpc) is 2.93. The third-order valence-corrected chi connectivity index (χ3v) is 8.72. The van der Waals surface area contributed by atoms with E-state index in [-0.39, 0.29) is 5.41 Å². The largest absolute Gasteiger partial charge is 0.302 e. The molecule has 3 fully saturated rings. The molecule has 1 saturated carbocycles. The first kappa shape index (κ1) is 17.5. The third kappa shape index (κ3) is 3.66. The highest BCUT2D eigenvalue weighted by molar-refractivity contribution is 7.92. The van der Waals surface area contributed by atoms with E-state index in [4.69, 9.17) is 0 Å². The summed E-state index contributed by atoms with van der Waals surface area (Å²) in [4.78, 5) is 2.49. The van der Waals surface area contributed by atoms with Gasteiger partial charge in [0.25, 0.3) is 0 Å². The van der Waals surface area contributed by atoms with E-state index in [1.165, 1.54) is 17.5 Å². The van der Waals surface area contributed by atoms with Gasteiger partial charge < -0.3 is 4.90 Å². The van der Waals surface area contributed by atoms with E-state index in [1.54, 1.807) is 0 Å². The zero-order valence-corrected chi connectivity index (χ0v) is 16.6. The molecule has 4 rings (SSSR count). The summed E-state index contributed by atoms with van der Waals surface area (Å²) in [5.41, 5.74) is 3.51. The molecular formula is C21H31NO2S. The van der Waals surface area contributed by atoms with Gasteiger partial charge in [0.15, 0.2) is 9.84 Å². The Balaban J connectivity index is 1.27. The van der Waals surface area contributed by atoms with Crippen LogP contribution in [0.3, 0.4) is 0 Å². The normalized spacial score (nSPS) is 30.1. The second kappa shape index (κ2) is 5.82. The van der Waals surface area contributed by atoms with E-state index < -0.39 is 9.84 Å². The molecule has 0 bridgehead atoms. The standard InChI is InChI=1S/C21H31NO2S/c1-16(12-22-9-8-21(13-22)14-25(23,24)15-21)10-17-4-6-18(7-5-17)19-11-20(19,2)3/h4-7,16,19H,8-15H2,1-3H3/t16-,19?/m1/s1. The Kier molecular flexibility index (Phi) is 4.08. The lowest BCUT2D eigenvalue weighted by molar-refractivity contribution is 0.249. The Morgan fingerprint density at radius 2 is 1.84 bits per heavy atom. The molecule has 1 unspecified atom stereocenters. The molecule has 0 radical (unpaired) electrons. The number of nitrogens with zero attached hydrogens (tertiary/aromatic N) is 1. The van der Waals surface area contributed by atoms with Gasteiger partial charge in [-0.1, -0.05) is 45.0 Å². The van der Waals surface area contributed by atoms with Crippen LogP contribution in [0.4, 0.5) is 0 Å². The molecule has 0 amide bonds. The van der Waals surface area contributed by atoms with E-state index >= 15 is 0 Å². The summed E-state index contributed by atoms with van der Waals surface area (Å²) in [6.07, 6.45) is 3.48. The molecular weight excluding hydrogens is 330 g/mol. The fourth-order valence-electron chi connectivity index (χ4n) is 5.14. The van der Waals surface area contributed by atoms with Crippen molar-refractivity contribution in [2.45, 2.75) is 46.0 Å². The van der Waals surface area contributed by atoms with Gasteiger partial charge in [0.1, 0.15) is 0 Å². The number of benzene rings is 1. The molecule has 1 aromatic carbocycles. The first-order valence-corrected chi connectivity index (χ1v) is 11.5. The molecule has 25 heavy (non-hydrogen) atoms. The highest BCUT2D eigenvalue weighted by Crippen LogP contribution is 2.58. The lowest BCUT2D eigenvalue weighted by atomic mass is 9.91. The molecule has 4 heteroatoms. The molecule has 1 spiro atoms. The summed E-state index contributed by atoms with van der Waals surface area (Å²) in [6.45, 7) is 10.1. The van der Waals surface area contributed by atoms with Crippen LogP contribution in [0.15, 0.2) is 24.3 Å². The van der Waals surface area contributed by atoms with Gasteiger partial charge >= 0.3 is 0 Å². The minimum absolute atomic E-state index is 0.0945. The fourth-order valence-corrected chi connectivity index (χ4v) is 7.39. The zero-order chi connectivity index (χ0) is 17.9. The minimum Gasteiger partial charge on any atom is -0.302 e. The van der Waals surface area contributed by atoms with Gasteiger partial charge in [-0.2, -0.15) is 0 Å². The molecule has 3 nitrogen and oxygen atoms in total. The topological polar surface area (TPSA) is 37.4 Å². The Labute approximate surface area is 152 Å². The van der Waals surface area contributed by atoms with Crippen LogP contribution < -0.4 is 0 Å². The molecule has 3 aliphatic rings. The molecule has 2 heterocycles. The maximum atomic E-state index is 11.5. The molecule has 1 aromatic rings. The van der Waals surface area contributed by atoms with Gasteiger partial charge in [0.05, 0.1) is 11.5 Å². The number of hydrogen-bond donors (Lipinski definition) is 0. The van der Waals surface area contributed by atoms with E-state index in [2.05, 4.69) is 49.9 Å². The predicted octanol–water partition coefficient (Wildman–Crippen LogP) is 3.50. The Morgan fingerprint density at radius 1 is 1.20 bits per heavy atom. The lowest BCUT2D eigenvalue weighted by Gasteiger charge is -2.37. The SMILES string of the molecule is C[C@H](Cc1ccc(C2CC2(C)C)cc1)CN1CCC2(C1)CS(=O)(=O)C2. The molecule has 1 aliphatic carbocycles. The quantitative estimate of drug-likeness (QED) is 0.805. The summed E-state index contributed by atoms with van der Waals surface area (Å²) in [5.74, 6) is 2.20.